The first-order valence-corrected chi connectivity index (χ1v) is 11.0. The summed E-state index contributed by atoms with van der Waals surface area (Å²) in [7, 11) is 0. The SMILES string of the molecule is O=C(CC1CC1)c1ccc(-c2cnc3c(NCCCc4ccccc4)nccn23)cc1. The van der Waals surface area contributed by atoms with Crippen molar-refractivity contribution in [3.05, 3.63) is 84.3 Å². The number of hydrogen-bond acceptors (Lipinski definition) is 4. The molecule has 0 amide bonds. The van der Waals surface area contributed by atoms with E-state index in [-0.39, 0.29) is 5.78 Å². The van der Waals surface area contributed by atoms with E-state index >= 15 is 0 Å². The standard InChI is InChI=1S/C26H26N4O/c31-24(17-20-8-9-20)22-12-10-21(11-13-22)23-18-29-26-25(28-15-16-30(23)26)27-14-4-7-19-5-2-1-3-6-19/h1-3,5-6,10-13,15-16,18,20H,4,7-9,14,17H2,(H,27,28). The van der Waals surface area contributed by atoms with Crippen LogP contribution in [0.15, 0.2) is 73.2 Å². The molecule has 2 heterocycles. The molecule has 5 nitrogen and oxygen atoms in total. The van der Waals surface area contributed by atoms with Crippen LogP contribution in [-0.4, -0.2) is 26.7 Å². The molecular weight excluding hydrogens is 384 g/mol. The van der Waals surface area contributed by atoms with Crippen LogP contribution in [0.5, 0.6) is 0 Å². The van der Waals surface area contributed by atoms with Crippen LogP contribution in [0.4, 0.5) is 5.82 Å². The first-order chi connectivity index (χ1) is 15.3. The number of anilines is 1. The third kappa shape index (κ3) is 4.50. The zero-order chi connectivity index (χ0) is 21.0. The molecule has 1 aliphatic carbocycles. The number of rotatable bonds is 9. The second-order valence-electron chi connectivity index (χ2n) is 8.28. The van der Waals surface area contributed by atoms with Gasteiger partial charge in [0.25, 0.3) is 0 Å². The molecule has 0 spiro atoms. The third-order valence-corrected chi connectivity index (χ3v) is 5.88. The van der Waals surface area contributed by atoms with Gasteiger partial charge in [-0.1, -0.05) is 54.6 Å². The highest BCUT2D eigenvalue weighted by atomic mass is 16.1. The second-order valence-corrected chi connectivity index (χ2v) is 8.28. The molecule has 5 heteroatoms. The van der Waals surface area contributed by atoms with Crippen molar-refractivity contribution in [2.75, 3.05) is 11.9 Å². The van der Waals surface area contributed by atoms with E-state index in [1.54, 1.807) is 6.20 Å². The lowest BCUT2D eigenvalue weighted by Gasteiger charge is -2.08. The maximum atomic E-state index is 12.3. The predicted molar refractivity (Wildman–Crippen MR) is 123 cm³/mol. The zero-order valence-electron chi connectivity index (χ0n) is 17.5. The summed E-state index contributed by atoms with van der Waals surface area (Å²) in [4.78, 5) is 21.4. The Balaban J connectivity index is 1.28. The van der Waals surface area contributed by atoms with Gasteiger partial charge in [-0.05, 0) is 37.2 Å². The number of carbonyl (C=O) groups excluding carboxylic acids is 1. The van der Waals surface area contributed by atoms with Crippen LogP contribution in [0.1, 0.15) is 41.6 Å². The Morgan fingerprint density at radius 2 is 1.84 bits per heavy atom. The molecule has 0 atom stereocenters. The van der Waals surface area contributed by atoms with Gasteiger partial charge in [0, 0.05) is 36.5 Å². The van der Waals surface area contributed by atoms with Gasteiger partial charge in [-0.2, -0.15) is 0 Å². The summed E-state index contributed by atoms with van der Waals surface area (Å²) >= 11 is 0. The number of imidazole rings is 1. The van der Waals surface area contributed by atoms with Gasteiger partial charge in [0.05, 0.1) is 11.9 Å². The molecule has 1 saturated carbocycles. The second kappa shape index (κ2) is 8.72. The van der Waals surface area contributed by atoms with E-state index in [0.29, 0.717) is 12.3 Å². The number of Topliss-reactive ketones (excluding diaryl/α,β-unsaturated/α-hetero) is 1. The molecule has 31 heavy (non-hydrogen) atoms. The predicted octanol–water partition coefficient (Wildman–Crippen LogP) is 5.42. The maximum Gasteiger partial charge on any atom is 0.180 e. The van der Waals surface area contributed by atoms with Crippen LogP contribution in [0, 0.1) is 5.92 Å². The fraction of sp³-hybridized carbons (Fsp3) is 0.269. The highest BCUT2D eigenvalue weighted by Crippen LogP contribution is 2.33. The van der Waals surface area contributed by atoms with E-state index in [1.807, 2.05) is 47.1 Å². The Hall–Kier alpha value is -3.47. The topological polar surface area (TPSA) is 59.3 Å². The van der Waals surface area contributed by atoms with Crippen LogP contribution in [0.2, 0.25) is 0 Å². The molecule has 2 aromatic heterocycles. The van der Waals surface area contributed by atoms with Crippen molar-refractivity contribution >= 4 is 17.2 Å². The number of fused-ring (bicyclic) bond motifs is 1. The number of hydrogen-bond donors (Lipinski definition) is 1. The smallest absolute Gasteiger partial charge is 0.180 e. The first kappa shape index (κ1) is 19.5. The lowest BCUT2D eigenvalue weighted by molar-refractivity contribution is 0.0976. The molecule has 2 aromatic carbocycles. The van der Waals surface area contributed by atoms with Crippen molar-refractivity contribution in [2.45, 2.75) is 32.1 Å². The van der Waals surface area contributed by atoms with Gasteiger partial charge in [0.15, 0.2) is 17.2 Å². The average molecular weight is 411 g/mol. The lowest BCUT2D eigenvalue weighted by atomic mass is 10.0. The van der Waals surface area contributed by atoms with Crippen molar-refractivity contribution in [1.29, 1.82) is 0 Å². The number of ketones is 1. The van der Waals surface area contributed by atoms with Crippen molar-refractivity contribution in [1.82, 2.24) is 14.4 Å². The van der Waals surface area contributed by atoms with Gasteiger partial charge in [-0.3, -0.25) is 9.20 Å². The summed E-state index contributed by atoms with van der Waals surface area (Å²) in [5, 5.41) is 3.43. The Morgan fingerprint density at radius 1 is 1.03 bits per heavy atom. The molecule has 4 aromatic rings. The van der Waals surface area contributed by atoms with Gasteiger partial charge in [-0.15, -0.1) is 0 Å². The molecule has 156 valence electrons. The molecule has 5 rings (SSSR count). The Labute approximate surface area is 182 Å². The molecule has 0 aliphatic heterocycles. The van der Waals surface area contributed by atoms with Gasteiger partial charge in [0.1, 0.15) is 0 Å². The third-order valence-electron chi connectivity index (χ3n) is 5.88. The zero-order valence-corrected chi connectivity index (χ0v) is 17.5. The van der Waals surface area contributed by atoms with Crippen LogP contribution >= 0.6 is 0 Å². The van der Waals surface area contributed by atoms with E-state index in [9.17, 15) is 4.79 Å². The van der Waals surface area contributed by atoms with E-state index in [0.717, 1.165) is 47.7 Å². The van der Waals surface area contributed by atoms with Crippen molar-refractivity contribution in [3.63, 3.8) is 0 Å². The summed E-state index contributed by atoms with van der Waals surface area (Å²) in [6.45, 7) is 0.835. The normalized spacial score (nSPS) is 13.4. The van der Waals surface area contributed by atoms with Crippen molar-refractivity contribution in [2.24, 2.45) is 5.92 Å². The number of aryl methyl sites for hydroxylation is 1. The number of nitrogens with zero attached hydrogens (tertiary/aromatic N) is 3. The molecule has 1 N–H and O–H groups in total. The minimum Gasteiger partial charge on any atom is -0.367 e. The van der Waals surface area contributed by atoms with E-state index in [2.05, 4.69) is 39.6 Å². The molecule has 1 fully saturated rings. The lowest BCUT2D eigenvalue weighted by Crippen LogP contribution is -2.06. The average Bonchev–Trinajstić information content (AvgIpc) is 3.52. The number of carbonyl (C=O) groups is 1. The monoisotopic (exact) mass is 410 g/mol. The Kier molecular flexibility index (Phi) is 5.48. The largest absolute Gasteiger partial charge is 0.367 e. The fourth-order valence-corrected chi connectivity index (χ4v) is 3.93. The minimum atomic E-state index is 0.249. The summed E-state index contributed by atoms with van der Waals surface area (Å²) in [6.07, 6.45) is 10.7. The van der Waals surface area contributed by atoms with E-state index in [1.165, 1.54) is 18.4 Å². The van der Waals surface area contributed by atoms with Crippen LogP contribution in [-0.2, 0) is 6.42 Å². The molecule has 0 bridgehead atoms. The van der Waals surface area contributed by atoms with Gasteiger partial charge < -0.3 is 5.32 Å². The molecule has 0 unspecified atom stereocenters. The van der Waals surface area contributed by atoms with Crippen LogP contribution in [0.3, 0.4) is 0 Å². The maximum absolute atomic E-state index is 12.3. The molecular formula is C26H26N4O. The summed E-state index contributed by atoms with van der Waals surface area (Å²) < 4.78 is 2.05. The highest BCUT2D eigenvalue weighted by molar-refractivity contribution is 5.96. The van der Waals surface area contributed by atoms with Crippen molar-refractivity contribution < 1.29 is 4.79 Å². The number of benzene rings is 2. The number of nitrogens with one attached hydrogen (secondary N) is 1. The van der Waals surface area contributed by atoms with E-state index < -0.39 is 0 Å². The fourth-order valence-electron chi connectivity index (χ4n) is 3.93. The molecule has 1 aliphatic rings. The Morgan fingerprint density at radius 3 is 2.61 bits per heavy atom. The van der Waals surface area contributed by atoms with Crippen molar-refractivity contribution in [3.8, 4) is 11.3 Å². The van der Waals surface area contributed by atoms with Crippen LogP contribution < -0.4 is 5.32 Å². The summed E-state index contributed by atoms with van der Waals surface area (Å²) in [5.41, 5.74) is 4.98. The van der Waals surface area contributed by atoms with Gasteiger partial charge in [-0.25, -0.2) is 9.97 Å². The Bertz CT molecular complexity index is 1180. The summed E-state index contributed by atoms with van der Waals surface area (Å²) in [5.74, 6) is 1.65. The number of aromatic nitrogens is 3. The highest BCUT2D eigenvalue weighted by Gasteiger charge is 2.24. The van der Waals surface area contributed by atoms with Gasteiger partial charge in [0.2, 0.25) is 0 Å². The quantitative estimate of drug-likeness (QED) is 0.295. The van der Waals surface area contributed by atoms with Crippen LogP contribution in [0.25, 0.3) is 16.9 Å². The summed E-state index contributed by atoms with van der Waals surface area (Å²) in [6, 6.07) is 18.4. The van der Waals surface area contributed by atoms with Gasteiger partial charge >= 0.3 is 0 Å². The molecule has 0 radical (unpaired) electrons. The van der Waals surface area contributed by atoms with E-state index in [4.69, 9.17) is 0 Å². The molecule has 0 saturated heterocycles. The first-order valence-electron chi connectivity index (χ1n) is 11.0. The minimum absolute atomic E-state index is 0.249.